The van der Waals surface area contributed by atoms with Gasteiger partial charge >= 0.3 is 0 Å². The first-order chi connectivity index (χ1) is 12.5. The van der Waals surface area contributed by atoms with Crippen LogP contribution in [0.1, 0.15) is 41.0 Å². The minimum Gasteiger partial charge on any atom is -0.491 e. The van der Waals surface area contributed by atoms with E-state index < -0.39 is 16.9 Å². The molecule has 0 fully saturated rings. The van der Waals surface area contributed by atoms with Gasteiger partial charge in [-0.2, -0.15) is 0 Å². The van der Waals surface area contributed by atoms with Gasteiger partial charge in [-0.3, -0.25) is 14.5 Å². The van der Waals surface area contributed by atoms with Crippen molar-refractivity contribution in [1.82, 2.24) is 9.80 Å². The summed E-state index contributed by atoms with van der Waals surface area (Å²) in [5.41, 5.74) is 0.553. The lowest BCUT2D eigenvalue weighted by molar-refractivity contribution is -0.757. The minimum atomic E-state index is -0.899. The second kappa shape index (κ2) is 9.14. The Labute approximate surface area is 151 Å². The molecule has 0 N–H and O–H groups in total. The molecule has 9 heteroatoms. The average molecular weight is 365 g/mol. The molecule has 0 saturated heterocycles. The Morgan fingerprint density at radius 3 is 2.54 bits per heavy atom. The van der Waals surface area contributed by atoms with Crippen molar-refractivity contribution in [3.8, 4) is 5.75 Å². The van der Waals surface area contributed by atoms with Crippen LogP contribution in [0.2, 0.25) is 0 Å². The molecule has 1 aromatic carbocycles. The Bertz CT molecular complexity index is 674. The lowest BCUT2D eigenvalue weighted by Crippen LogP contribution is -2.31. The van der Waals surface area contributed by atoms with Gasteiger partial charge in [-0.25, -0.2) is 0 Å². The third-order valence-electron chi connectivity index (χ3n) is 4.24. The predicted molar refractivity (Wildman–Crippen MR) is 92.7 cm³/mol. The van der Waals surface area contributed by atoms with E-state index in [1.807, 2.05) is 0 Å². The number of hydrogen-bond donors (Lipinski definition) is 0. The topological polar surface area (TPSA) is 102 Å². The molecule has 0 unspecified atom stereocenters. The molecule has 1 aliphatic rings. The van der Waals surface area contributed by atoms with Gasteiger partial charge in [0, 0.05) is 13.1 Å². The number of ether oxygens (including phenoxy) is 1. The molecule has 0 spiro atoms. The number of carbonyl (C=O) groups is 2. The Kier molecular flexibility index (Phi) is 6.90. The first-order valence-electron chi connectivity index (χ1n) is 8.61. The van der Waals surface area contributed by atoms with E-state index in [1.165, 1.54) is 0 Å². The van der Waals surface area contributed by atoms with E-state index in [1.54, 1.807) is 18.2 Å². The van der Waals surface area contributed by atoms with Crippen LogP contribution in [0, 0.1) is 10.1 Å². The van der Waals surface area contributed by atoms with Gasteiger partial charge in [-0.15, -0.1) is 10.1 Å². The maximum absolute atomic E-state index is 12.6. The van der Waals surface area contributed by atoms with Gasteiger partial charge in [0.05, 0.1) is 17.7 Å². The maximum atomic E-state index is 12.6. The van der Waals surface area contributed by atoms with Crippen LogP contribution in [0.5, 0.6) is 5.75 Å². The Hall–Kier alpha value is -2.68. The number of rotatable bonds is 11. The number of carbonyl (C=O) groups excluding carboxylic acids is 2. The van der Waals surface area contributed by atoms with Crippen LogP contribution >= 0.6 is 0 Å². The van der Waals surface area contributed by atoms with Crippen molar-refractivity contribution in [2.24, 2.45) is 0 Å². The second-order valence-corrected chi connectivity index (χ2v) is 5.73. The van der Waals surface area contributed by atoms with Crippen molar-refractivity contribution >= 4 is 11.8 Å². The summed E-state index contributed by atoms with van der Waals surface area (Å²) in [7, 11) is 0. The van der Waals surface area contributed by atoms with E-state index in [-0.39, 0.29) is 25.1 Å². The first kappa shape index (κ1) is 19.6. The molecule has 0 aliphatic carbocycles. The quantitative estimate of drug-likeness (QED) is 0.254. The maximum Gasteiger partial charge on any atom is 0.294 e. The van der Waals surface area contributed by atoms with Crippen molar-refractivity contribution in [3.63, 3.8) is 0 Å². The molecular weight excluding hydrogens is 342 g/mol. The third kappa shape index (κ3) is 4.48. The van der Waals surface area contributed by atoms with Crippen molar-refractivity contribution < 1.29 is 24.3 Å². The van der Waals surface area contributed by atoms with Crippen molar-refractivity contribution in [3.05, 3.63) is 39.4 Å². The standard InChI is InChI=1S/C17H23N3O6/c1-3-18(4-2)10-12-25-14-8-5-7-13-15(14)17(22)19(16(13)21)9-6-11-26-20(23)24/h5,7-8H,3-4,6,9-12H2,1-2H3. The van der Waals surface area contributed by atoms with Crippen molar-refractivity contribution in [2.75, 3.05) is 39.4 Å². The van der Waals surface area contributed by atoms with Gasteiger partial charge in [0.15, 0.2) is 0 Å². The van der Waals surface area contributed by atoms with Gasteiger partial charge in [0.1, 0.15) is 12.4 Å². The highest BCUT2D eigenvalue weighted by molar-refractivity contribution is 6.22. The molecule has 1 aromatic rings. The number of amides is 2. The molecule has 9 nitrogen and oxygen atoms in total. The molecule has 0 saturated carbocycles. The number of nitrogens with zero attached hydrogens (tertiary/aromatic N) is 3. The largest absolute Gasteiger partial charge is 0.491 e. The van der Waals surface area contributed by atoms with Gasteiger partial charge < -0.3 is 14.5 Å². The number of imide groups is 1. The SMILES string of the molecule is CCN(CC)CCOc1cccc2c1C(=O)N(CCCO[N+](=O)[O-])C2=O. The van der Waals surface area contributed by atoms with Gasteiger partial charge in [-0.1, -0.05) is 19.9 Å². The van der Waals surface area contributed by atoms with Gasteiger partial charge in [-0.05, 0) is 31.6 Å². The normalized spacial score (nSPS) is 13.3. The smallest absolute Gasteiger partial charge is 0.294 e. The van der Waals surface area contributed by atoms with E-state index >= 15 is 0 Å². The fourth-order valence-electron chi connectivity index (χ4n) is 2.81. The fraction of sp³-hybridized carbons (Fsp3) is 0.529. The van der Waals surface area contributed by atoms with E-state index in [9.17, 15) is 19.7 Å². The van der Waals surface area contributed by atoms with Crippen LogP contribution in [0.15, 0.2) is 18.2 Å². The summed E-state index contributed by atoms with van der Waals surface area (Å²) in [5.74, 6) is -0.470. The molecule has 142 valence electrons. The zero-order valence-corrected chi connectivity index (χ0v) is 15.0. The van der Waals surface area contributed by atoms with Crippen LogP contribution in [0.3, 0.4) is 0 Å². The Morgan fingerprint density at radius 2 is 1.88 bits per heavy atom. The van der Waals surface area contributed by atoms with E-state index in [4.69, 9.17) is 4.74 Å². The summed E-state index contributed by atoms with van der Waals surface area (Å²) in [6, 6.07) is 4.93. The highest BCUT2D eigenvalue weighted by Gasteiger charge is 2.37. The Morgan fingerprint density at radius 1 is 1.15 bits per heavy atom. The number of hydrogen-bond acceptors (Lipinski definition) is 7. The minimum absolute atomic E-state index is 0.0546. The average Bonchev–Trinajstić information content (AvgIpc) is 2.87. The number of fused-ring (bicyclic) bond motifs is 1. The van der Waals surface area contributed by atoms with E-state index in [0.29, 0.717) is 17.9 Å². The third-order valence-corrected chi connectivity index (χ3v) is 4.24. The van der Waals surface area contributed by atoms with E-state index in [2.05, 4.69) is 23.6 Å². The predicted octanol–water partition coefficient (Wildman–Crippen LogP) is 1.60. The van der Waals surface area contributed by atoms with E-state index in [0.717, 1.165) is 24.5 Å². The summed E-state index contributed by atoms with van der Waals surface area (Å²) in [5, 5.41) is 9.26. The Balaban J connectivity index is 2.02. The second-order valence-electron chi connectivity index (χ2n) is 5.73. The zero-order chi connectivity index (χ0) is 19.1. The molecule has 2 rings (SSSR count). The highest BCUT2D eigenvalue weighted by atomic mass is 16.9. The molecule has 26 heavy (non-hydrogen) atoms. The van der Waals surface area contributed by atoms with Crippen LogP contribution in [0.25, 0.3) is 0 Å². The first-order valence-corrected chi connectivity index (χ1v) is 8.61. The summed E-state index contributed by atoms with van der Waals surface area (Å²) in [6.45, 7) is 6.96. The van der Waals surface area contributed by atoms with Crippen LogP contribution in [-0.4, -0.2) is 66.1 Å². The van der Waals surface area contributed by atoms with Gasteiger partial charge in [0.2, 0.25) is 0 Å². The summed E-state index contributed by atoms with van der Waals surface area (Å²) >= 11 is 0. The van der Waals surface area contributed by atoms with Crippen molar-refractivity contribution in [1.29, 1.82) is 0 Å². The zero-order valence-electron chi connectivity index (χ0n) is 15.0. The molecular formula is C17H23N3O6. The lowest BCUT2D eigenvalue weighted by atomic mass is 10.1. The molecule has 1 aliphatic heterocycles. The van der Waals surface area contributed by atoms with Crippen molar-refractivity contribution in [2.45, 2.75) is 20.3 Å². The number of likely N-dealkylation sites (N-methyl/N-ethyl adjacent to an activating group) is 1. The molecule has 0 aromatic heterocycles. The summed E-state index contributed by atoms with van der Waals surface area (Å²) in [6.07, 6.45) is 0.185. The monoisotopic (exact) mass is 365 g/mol. The molecule has 1 heterocycles. The highest BCUT2D eigenvalue weighted by Crippen LogP contribution is 2.31. The fourth-order valence-corrected chi connectivity index (χ4v) is 2.81. The molecule has 0 atom stereocenters. The number of benzene rings is 1. The summed E-state index contributed by atoms with van der Waals surface area (Å²) in [4.78, 5) is 42.7. The summed E-state index contributed by atoms with van der Waals surface area (Å²) < 4.78 is 5.75. The molecule has 2 amide bonds. The molecule has 0 radical (unpaired) electrons. The van der Waals surface area contributed by atoms with Crippen LogP contribution in [0.4, 0.5) is 0 Å². The molecule has 0 bridgehead atoms. The lowest BCUT2D eigenvalue weighted by Gasteiger charge is -2.18. The van der Waals surface area contributed by atoms with Crippen LogP contribution in [-0.2, 0) is 4.84 Å². The van der Waals surface area contributed by atoms with Gasteiger partial charge in [0.25, 0.3) is 16.9 Å². The van der Waals surface area contributed by atoms with Crippen LogP contribution < -0.4 is 4.74 Å².